The summed E-state index contributed by atoms with van der Waals surface area (Å²) >= 11 is 1.91. The molecule has 0 aromatic carbocycles. The van der Waals surface area contributed by atoms with Crippen molar-refractivity contribution in [2.75, 3.05) is 0 Å². The summed E-state index contributed by atoms with van der Waals surface area (Å²) in [5.74, 6) is 0.432. The Labute approximate surface area is 112 Å². The van der Waals surface area contributed by atoms with E-state index in [-0.39, 0.29) is 17.9 Å². The van der Waals surface area contributed by atoms with Gasteiger partial charge in [0.1, 0.15) is 6.23 Å². The number of hydrogen-bond donors (Lipinski definition) is 1. The van der Waals surface area contributed by atoms with Gasteiger partial charge in [-0.1, -0.05) is 13.8 Å². The molecule has 1 saturated heterocycles. The summed E-state index contributed by atoms with van der Waals surface area (Å²) in [7, 11) is 0. The van der Waals surface area contributed by atoms with Gasteiger partial charge in [0.15, 0.2) is 0 Å². The molecule has 2 heterocycles. The van der Waals surface area contributed by atoms with Crippen molar-refractivity contribution in [2.24, 2.45) is 5.92 Å². The van der Waals surface area contributed by atoms with E-state index in [2.05, 4.69) is 18.8 Å². The second-order valence-electron chi connectivity index (χ2n) is 4.39. The lowest BCUT2D eigenvalue weighted by atomic mass is 10.0. The Kier molecular flexibility index (Phi) is 3.72. The van der Waals surface area contributed by atoms with E-state index in [4.69, 9.17) is 4.74 Å². The van der Waals surface area contributed by atoms with Crippen molar-refractivity contribution in [1.82, 2.24) is 9.55 Å². The van der Waals surface area contributed by atoms with Crippen molar-refractivity contribution in [3.8, 4) is 0 Å². The average molecular weight is 350 g/mol. The largest absolute Gasteiger partial charge is 0.354 e. The van der Waals surface area contributed by atoms with Crippen LogP contribution in [0.2, 0.25) is 0 Å². The average Bonchev–Trinajstić information content (AvgIpc) is 2.65. The first-order chi connectivity index (χ1) is 8.02. The van der Waals surface area contributed by atoms with Crippen molar-refractivity contribution in [3.05, 3.63) is 30.6 Å². The van der Waals surface area contributed by atoms with Crippen LogP contribution < -0.4 is 11.2 Å². The molecule has 2 rings (SSSR count). The second kappa shape index (κ2) is 4.93. The van der Waals surface area contributed by atoms with E-state index in [9.17, 15) is 9.59 Å². The van der Waals surface area contributed by atoms with E-state index < -0.39 is 5.69 Å². The maximum Gasteiger partial charge on any atom is 0.330 e. The molecule has 1 aromatic heterocycles. The molecule has 1 aliphatic rings. The number of aromatic nitrogens is 2. The molecule has 0 radical (unpaired) electrons. The van der Waals surface area contributed by atoms with Gasteiger partial charge in [0.05, 0.1) is 9.67 Å². The van der Waals surface area contributed by atoms with Gasteiger partial charge in [-0.15, -0.1) is 0 Å². The van der Waals surface area contributed by atoms with Gasteiger partial charge < -0.3 is 4.74 Å². The highest BCUT2D eigenvalue weighted by Crippen LogP contribution is 2.33. The van der Waals surface area contributed by atoms with Crippen LogP contribution in [0.15, 0.2) is 15.8 Å². The molecule has 0 saturated carbocycles. The Morgan fingerprint density at radius 2 is 2.29 bits per heavy atom. The lowest BCUT2D eigenvalue weighted by Crippen LogP contribution is -2.33. The van der Waals surface area contributed by atoms with E-state index in [1.54, 1.807) is 6.20 Å². The summed E-state index contributed by atoms with van der Waals surface area (Å²) in [6.45, 7) is 4.19. The number of nitrogens with one attached hydrogen (secondary N) is 1. The topological polar surface area (TPSA) is 64.1 Å². The van der Waals surface area contributed by atoms with Crippen LogP contribution in [-0.2, 0) is 4.74 Å². The first-order valence-electron chi connectivity index (χ1n) is 5.69. The van der Waals surface area contributed by atoms with Gasteiger partial charge in [0, 0.05) is 6.20 Å². The minimum Gasteiger partial charge on any atom is -0.354 e. The van der Waals surface area contributed by atoms with E-state index in [1.165, 1.54) is 4.57 Å². The third-order valence-electron chi connectivity index (χ3n) is 3.18. The molecular formula is C11H15IN2O3. The van der Waals surface area contributed by atoms with Crippen LogP contribution in [-0.4, -0.2) is 15.7 Å². The van der Waals surface area contributed by atoms with Crippen LogP contribution in [0.4, 0.5) is 0 Å². The van der Waals surface area contributed by atoms with Gasteiger partial charge >= 0.3 is 5.69 Å². The quantitative estimate of drug-likeness (QED) is 0.822. The molecule has 3 atom stereocenters. The molecule has 0 amide bonds. The summed E-state index contributed by atoms with van der Waals surface area (Å²) in [5.41, 5.74) is -0.741. The highest BCUT2D eigenvalue weighted by atomic mass is 127. The Bertz CT molecular complexity index is 522. The molecule has 6 heteroatoms. The zero-order chi connectivity index (χ0) is 12.6. The zero-order valence-corrected chi connectivity index (χ0v) is 11.9. The fourth-order valence-corrected chi connectivity index (χ4v) is 2.65. The molecule has 1 aliphatic heterocycles. The van der Waals surface area contributed by atoms with Crippen molar-refractivity contribution in [3.63, 3.8) is 0 Å². The lowest BCUT2D eigenvalue weighted by Gasteiger charge is -2.15. The smallest absolute Gasteiger partial charge is 0.330 e. The number of halogens is 1. The summed E-state index contributed by atoms with van der Waals surface area (Å²) in [5, 5.41) is 0. The van der Waals surface area contributed by atoms with Crippen LogP contribution in [0, 0.1) is 9.49 Å². The van der Waals surface area contributed by atoms with Crippen molar-refractivity contribution < 1.29 is 4.74 Å². The van der Waals surface area contributed by atoms with Gasteiger partial charge in [-0.3, -0.25) is 14.3 Å². The monoisotopic (exact) mass is 350 g/mol. The first kappa shape index (κ1) is 12.8. The number of aromatic amines is 1. The maximum atomic E-state index is 11.7. The van der Waals surface area contributed by atoms with Crippen molar-refractivity contribution >= 4 is 22.6 Å². The van der Waals surface area contributed by atoms with Crippen LogP contribution in [0.3, 0.4) is 0 Å². The molecule has 17 heavy (non-hydrogen) atoms. The van der Waals surface area contributed by atoms with Gasteiger partial charge in [-0.2, -0.15) is 0 Å². The summed E-state index contributed by atoms with van der Waals surface area (Å²) in [6, 6.07) is 0. The standard InChI is InChI=1S/C11H15IN2O3/c1-3-8-6(2)4-9(17-8)14-5-7(12)10(15)13-11(14)16/h5-6,8-9H,3-4H2,1-2H3,(H,13,15,16). The molecular weight excluding hydrogens is 335 g/mol. The third kappa shape index (κ3) is 2.47. The number of rotatable bonds is 2. The van der Waals surface area contributed by atoms with Gasteiger partial charge in [-0.05, 0) is 41.4 Å². The molecule has 3 unspecified atom stereocenters. The number of nitrogens with zero attached hydrogens (tertiary/aromatic N) is 1. The van der Waals surface area contributed by atoms with Gasteiger partial charge in [0.2, 0.25) is 0 Å². The minimum atomic E-state index is -0.399. The predicted molar refractivity (Wildman–Crippen MR) is 72.0 cm³/mol. The predicted octanol–water partition coefficient (Wildman–Crippen LogP) is 1.47. The van der Waals surface area contributed by atoms with E-state index in [1.807, 2.05) is 22.6 Å². The van der Waals surface area contributed by atoms with E-state index in [0.717, 1.165) is 12.8 Å². The fraction of sp³-hybridized carbons (Fsp3) is 0.636. The Balaban J connectivity index is 2.34. The summed E-state index contributed by atoms with van der Waals surface area (Å²) in [4.78, 5) is 25.3. The van der Waals surface area contributed by atoms with Crippen LogP contribution in [0.5, 0.6) is 0 Å². The molecule has 1 aromatic rings. The maximum absolute atomic E-state index is 11.7. The number of ether oxygens (including phenoxy) is 1. The fourth-order valence-electron chi connectivity index (χ4n) is 2.21. The summed E-state index contributed by atoms with van der Waals surface area (Å²) in [6.07, 6.45) is 3.24. The van der Waals surface area contributed by atoms with Crippen LogP contribution in [0.25, 0.3) is 0 Å². The van der Waals surface area contributed by atoms with Gasteiger partial charge in [0.25, 0.3) is 5.56 Å². The Hall–Kier alpha value is -0.630. The highest BCUT2D eigenvalue weighted by Gasteiger charge is 2.32. The van der Waals surface area contributed by atoms with Crippen molar-refractivity contribution in [1.29, 1.82) is 0 Å². The highest BCUT2D eigenvalue weighted by molar-refractivity contribution is 14.1. The Morgan fingerprint density at radius 3 is 2.88 bits per heavy atom. The molecule has 0 bridgehead atoms. The van der Waals surface area contributed by atoms with Crippen LogP contribution >= 0.6 is 22.6 Å². The number of H-pyrrole nitrogens is 1. The lowest BCUT2D eigenvalue weighted by molar-refractivity contribution is -0.00771. The molecule has 1 fully saturated rings. The third-order valence-corrected chi connectivity index (χ3v) is 3.95. The molecule has 94 valence electrons. The normalized spacial score (nSPS) is 28.5. The molecule has 0 spiro atoms. The molecule has 5 nitrogen and oxygen atoms in total. The second-order valence-corrected chi connectivity index (χ2v) is 5.56. The van der Waals surface area contributed by atoms with E-state index >= 15 is 0 Å². The van der Waals surface area contributed by atoms with Gasteiger partial charge in [-0.25, -0.2) is 4.79 Å². The first-order valence-corrected chi connectivity index (χ1v) is 6.77. The van der Waals surface area contributed by atoms with Crippen molar-refractivity contribution in [2.45, 2.75) is 39.0 Å². The molecule has 0 aliphatic carbocycles. The minimum absolute atomic E-state index is 0.191. The summed E-state index contributed by atoms with van der Waals surface area (Å²) < 4.78 is 7.80. The van der Waals surface area contributed by atoms with E-state index in [0.29, 0.717) is 9.49 Å². The number of hydrogen-bond acceptors (Lipinski definition) is 3. The molecule has 1 N–H and O–H groups in total. The zero-order valence-electron chi connectivity index (χ0n) is 9.77. The van der Waals surface area contributed by atoms with Crippen LogP contribution in [0.1, 0.15) is 32.9 Å². The SMILES string of the molecule is CCC1OC(n2cc(I)c(=O)[nH]c2=O)CC1C. The Morgan fingerprint density at radius 1 is 1.59 bits per heavy atom.